The van der Waals surface area contributed by atoms with Crippen LogP contribution in [0.4, 0.5) is 17.6 Å². The van der Waals surface area contributed by atoms with Crippen LogP contribution < -0.4 is 0 Å². The molecule has 0 aromatic heterocycles. The number of halogens is 4. The maximum absolute atomic E-state index is 12.2. The van der Waals surface area contributed by atoms with Gasteiger partial charge >= 0.3 is 11.8 Å². The van der Waals surface area contributed by atoms with E-state index in [0.717, 1.165) is 0 Å². The van der Waals surface area contributed by atoms with Gasteiger partial charge in [-0.2, -0.15) is 8.78 Å². The number of hydrogen-bond donors (Lipinski definition) is 0. The van der Waals surface area contributed by atoms with Crippen LogP contribution in [0.5, 0.6) is 0 Å². The first-order valence-corrected chi connectivity index (χ1v) is 2.79. The van der Waals surface area contributed by atoms with Crippen LogP contribution in [0.25, 0.3) is 0 Å². The van der Waals surface area contributed by atoms with E-state index >= 15 is 0 Å². The molecule has 0 spiro atoms. The summed E-state index contributed by atoms with van der Waals surface area (Å²) in [6, 6.07) is 0. The second-order valence-corrected chi connectivity index (χ2v) is 2.07. The quantitative estimate of drug-likeness (QED) is 0.467. The average molecular weight is 172 g/mol. The Kier molecular flexibility index (Phi) is 2.90. The molecule has 0 radical (unpaired) electrons. The molecule has 1 nitrogen and oxygen atoms in total. The van der Waals surface area contributed by atoms with Crippen molar-refractivity contribution < 1.29 is 22.3 Å². The van der Waals surface area contributed by atoms with Crippen molar-refractivity contribution in [2.45, 2.75) is 18.8 Å². The molecule has 0 aromatic carbocycles. The minimum Gasteiger partial charge on any atom is -0.495 e. The molecule has 0 N–H and O–H groups in total. The van der Waals surface area contributed by atoms with Crippen molar-refractivity contribution in [2.24, 2.45) is 0 Å². The second kappa shape index (κ2) is 3.11. The molecular formula is C6H8F4O. The van der Waals surface area contributed by atoms with E-state index < -0.39 is 18.5 Å². The van der Waals surface area contributed by atoms with Gasteiger partial charge in [0.25, 0.3) is 0 Å². The van der Waals surface area contributed by atoms with Crippen molar-refractivity contribution >= 4 is 0 Å². The maximum atomic E-state index is 12.2. The summed E-state index contributed by atoms with van der Waals surface area (Å²) < 4.78 is 52.3. The highest BCUT2D eigenvalue weighted by molar-refractivity contribution is 4.80. The van der Waals surface area contributed by atoms with Crippen molar-refractivity contribution in [3.63, 3.8) is 0 Å². The largest absolute Gasteiger partial charge is 0.495 e. The normalized spacial score (nSPS) is 12.8. The molecule has 11 heavy (non-hydrogen) atoms. The van der Waals surface area contributed by atoms with Gasteiger partial charge in [-0.3, -0.25) is 0 Å². The molecule has 0 saturated carbocycles. The molecule has 0 aromatic rings. The Balaban J connectivity index is 4.10. The van der Waals surface area contributed by atoms with Gasteiger partial charge in [0.05, 0.1) is 6.26 Å². The molecule has 0 aliphatic carbocycles. The topological polar surface area (TPSA) is 9.23 Å². The molecular weight excluding hydrogens is 164 g/mol. The van der Waals surface area contributed by atoms with Crippen LogP contribution in [0.2, 0.25) is 0 Å². The standard InChI is InChI=1S/C6H8F4O/c1-3-11-4-6(9,10)5(2,7)8/h3H,1,4H2,2H3. The third kappa shape index (κ3) is 2.78. The molecule has 0 heterocycles. The van der Waals surface area contributed by atoms with Crippen LogP contribution in [0.1, 0.15) is 6.92 Å². The highest BCUT2D eigenvalue weighted by Crippen LogP contribution is 2.33. The highest BCUT2D eigenvalue weighted by Gasteiger charge is 2.52. The Labute approximate surface area is 61.7 Å². The minimum absolute atomic E-state index is 0.138. The van der Waals surface area contributed by atoms with E-state index in [4.69, 9.17) is 0 Å². The predicted molar refractivity (Wildman–Crippen MR) is 31.7 cm³/mol. The third-order valence-electron chi connectivity index (χ3n) is 1.02. The third-order valence-corrected chi connectivity index (χ3v) is 1.02. The van der Waals surface area contributed by atoms with Gasteiger partial charge in [0.15, 0.2) is 6.61 Å². The van der Waals surface area contributed by atoms with Crippen LogP contribution in [0, 0.1) is 0 Å². The zero-order chi connectivity index (χ0) is 9.12. The van der Waals surface area contributed by atoms with Crippen molar-refractivity contribution in [2.75, 3.05) is 6.61 Å². The molecule has 0 unspecified atom stereocenters. The van der Waals surface area contributed by atoms with Crippen molar-refractivity contribution in [3.8, 4) is 0 Å². The molecule has 0 rings (SSSR count). The van der Waals surface area contributed by atoms with E-state index in [-0.39, 0.29) is 6.92 Å². The summed E-state index contributed by atoms with van der Waals surface area (Å²) >= 11 is 0. The highest BCUT2D eigenvalue weighted by atomic mass is 19.3. The van der Waals surface area contributed by atoms with E-state index in [1.165, 1.54) is 0 Å². The van der Waals surface area contributed by atoms with Crippen molar-refractivity contribution in [3.05, 3.63) is 12.8 Å². The van der Waals surface area contributed by atoms with Gasteiger partial charge in [0.1, 0.15) is 0 Å². The van der Waals surface area contributed by atoms with Crippen molar-refractivity contribution in [1.82, 2.24) is 0 Å². The molecule has 66 valence electrons. The van der Waals surface area contributed by atoms with E-state index in [0.29, 0.717) is 6.26 Å². The SMILES string of the molecule is C=COCC(F)(F)C(C)(F)F. The lowest BCUT2D eigenvalue weighted by Gasteiger charge is -2.21. The number of ether oxygens (including phenoxy) is 1. The Hall–Kier alpha value is -0.740. The lowest BCUT2D eigenvalue weighted by Crippen LogP contribution is -2.41. The van der Waals surface area contributed by atoms with Gasteiger partial charge in [0, 0.05) is 6.92 Å². The van der Waals surface area contributed by atoms with Gasteiger partial charge in [0.2, 0.25) is 0 Å². The molecule has 0 aliphatic heterocycles. The smallest absolute Gasteiger partial charge is 0.342 e. The second-order valence-electron chi connectivity index (χ2n) is 2.07. The summed E-state index contributed by atoms with van der Waals surface area (Å²) in [5.41, 5.74) is 0. The van der Waals surface area contributed by atoms with Crippen LogP contribution in [-0.2, 0) is 4.74 Å². The average Bonchev–Trinajstić information content (AvgIpc) is 1.81. The van der Waals surface area contributed by atoms with Crippen molar-refractivity contribution in [1.29, 1.82) is 0 Å². The monoisotopic (exact) mass is 172 g/mol. The molecule has 0 amide bonds. The van der Waals surface area contributed by atoms with Gasteiger partial charge < -0.3 is 4.74 Å². The van der Waals surface area contributed by atoms with Crippen LogP contribution in [0.15, 0.2) is 12.8 Å². The van der Waals surface area contributed by atoms with E-state index in [9.17, 15) is 17.6 Å². The predicted octanol–water partition coefficient (Wildman–Crippen LogP) is 2.44. The number of rotatable bonds is 4. The first kappa shape index (κ1) is 10.3. The van der Waals surface area contributed by atoms with Gasteiger partial charge in [-0.1, -0.05) is 6.58 Å². The number of hydrogen-bond acceptors (Lipinski definition) is 1. The summed E-state index contributed by atoms with van der Waals surface area (Å²) in [4.78, 5) is 0. The zero-order valence-electron chi connectivity index (χ0n) is 5.91. The Morgan fingerprint density at radius 1 is 1.36 bits per heavy atom. The number of alkyl halides is 4. The summed E-state index contributed by atoms with van der Waals surface area (Å²) in [6.45, 7) is 1.74. The Morgan fingerprint density at radius 3 is 2.09 bits per heavy atom. The molecule has 0 saturated heterocycles. The van der Waals surface area contributed by atoms with Gasteiger partial charge in [-0.05, 0) is 0 Å². The lowest BCUT2D eigenvalue weighted by molar-refractivity contribution is -0.215. The van der Waals surface area contributed by atoms with E-state index in [1.54, 1.807) is 0 Å². The first-order valence-electron chi connectivity index (χ1n) is 2.79. The Bertz CT molecular complexity index is 138. The van der Waals surface area contributed by atoms with Gasteiger partial charge in [-0.25, -0.2) is 8.78 Å². The van der Waals surface area contributed by atoms with Gasteiger partial charge in [-0.15, -0.1) is 0 Å². The fourth-order valence-electron chi connectivity index (χ4n) is 0.290. The first-order chi connectivity index (χ1) is 4.81. The fourth-order valence-corrected chi connectivity index (χ4v) is 0.290. The summed E-state index contributed by atoms with van der Waals surface area (Å²) in [5, 5.41) is 0. The van der Waals surface area contributed by atoms with E-state index in [2.05, 4.69) is 11.3 Å². The molecule has 0 aliphatic rings. The van der Waals surface area contributed by atoms with Crippen LogP contribution >= 0.6 is 0 Å². The van der Waals surface area contributed by atoms with Crippen LogP contribution in [0.3, 0.4) is 0 Å². The molecule has 0 atom stereocenters. The summed E-state index contributed by atoms with van der Waals surface area (Å²) in [7, 11) is 0. The zero-order valence-corrected chi connectivity index (χ0v) is 5.91. The summed E-state index contributed by atoms with van der Waals surface area (Å²) in [6.07, 6.45) is 0.694. The van der Waals surface area contributed by atoms with E-state index in [1.807, 2.05) is 0 Å². The lowest BCUT2D eigenvalue weighted by atomic mass is 10.2. The van der Waals surface area contributed by atoms with Crippen LogP contribution in [-0.4, -0.2) is 18.5 Å². The molecule has 0 fully saturated rings. The fraction of sp³-hybridized carbons (Fsp3) is 0.667. The Morgan fingerprint density at radius 2 is 1.82 bits per heavy atom. The maximum Gasteiger partial charge on any atom is 0.342 e. The summed E-state index contributed by atoms with van der Waals surface area (Å²) in [5.74, 6) is -8.20. The molecule has 5 heteroatoms. The molecule has 0 bridgehead atoms. The minimum atomic E-state index is -4.14.